The predicted molar refractivity (Wildman–Crippen MR) is 82.5 cm³/mol. The monoisotopic (exact) mass is 275 g/mol. The van der Waals surface area contributed by atoms with E-state index >= 15 is 0 Å². The second-order valence-corrected chi connectivity index (χ2v) is 5.70. The minimum Gasteiger partial charge on any atom is -0.339 e. The predicted octanol–water partition coefficient (Wildman–Crippen LogP) is 2.93. The highest BCUT2D eigenvalue weighted by molar-refractivity contribution is 5.96. The molecule has 0 atom stereocenters. The normalized spacial score (nSPS) is 16.2. The summed E-state index contributed by atoms with van der Waals surface area (Å²) in [6.07, 6.45) is 4.81. The van der Waals surface area contributed by atoms with Gasteiger partial charge in [-0.05, 0) is 49.4 Å². The number of piperidine rings is 1. The van der Waals surface area contributed by atoms with Gasteiger partial charge in [0.05, 0.1) is 0 Å². The molecule has 1 amide bonds. The average Bonchev–Trinajstić information content (AvgIpc) is 2.47. The van der Waals surface area contributed by atoms with Gasteiger partial charge in [0.2, 0.25) is 0 Å². The molecule has 0 radical (unpaired) electrons. The highest BCUT2D eigenvalue weighted by Gasteiger charge is 2.23. The standard InChI is InChI=1S/C16H25N3O/c1-3-4-13-7-9-19(10-8-13)16(20)15-6-5-14(18-17)11-12(15)2/h5-6,11,13,18H,3-4,7-10,17H2,1-2H3. The summed E-state index contributed by atoms with van der Waals surface area (Å²) in [5.41, 5.74) is 5.21. The third kappa shape index (κ3) is 3.31. The smallest absolute Gasteiger partial charge is 0.254 e. The maximum Gasteiger partial charge on any atom is 0.254 e. The van der Waals surface area contributed by atoms with Crippen LogP contribution in [0.4, 0.5) is 5.69 Å². The van der Waals surface area contributed by atoms with Gasteiger partial charge in [-0.3, -0.25) is 10.6 Å². The van der Waals surface area contributed by atoms with E-state index in [1.54, 1.807) is 0 Å². The van der Waals surface area contributed by atoms with E-state index < -0.39 is 0 Å². The highest BCUT2D eigenvalue weighted by atomic mass is 16.2. The van der Waals surface area contributed by atoms with Crippen molar-refractivity contribution in [2.75, 3.05) is 18.5 Å². The number of nitrogens with one attached hydrogen (secondary N) is 1. The summed E-state index contributed by atoms with van der Waals surface area (Å²) in [5, 5.41) is 0. The lowest BCUT2D eigenvalue weighted by atomic mass is 9.92. The number of carbonyl (C=O) groups excluding carboxylic acids is 1. The van der Waals surface area contributed by atoms with Gasteiger partial charge in [-0.2, -0.15) is 0 Å². The molecule has 0 bridgehead atoms. The van der Waals surface area contributed by atoms with Crippen molar-refractivity contribution < 1.29 is 4.79 Å². The lowest BCUT2D eigenvalue weighted by Gasteiger charge is -2.32. The Morgan fingerprint density at radius 1 is 1.40 bits per heavy atom. The zero-order valence-corrected chi connectivity index (χ0v) is 12.5. The maximum absolute atomic E-state index is 12.6. The number of hydrogen-bond donors (Lipinski definition) is 2. The zero-order chi connectivity index (χ0) is 14.5. The van der Waals surface area contributed by atoms with Crippen LogP contribution in [-0.4, -0.2) is 23.9 Å². The summed E-state index contributed by atoms with van der Waals surface area (Å²) in [7, 11) is 0. The first-order valence-electron chi connectivity index (χ1n) is 7.52. The van der Waals surface area contributed by atoms with Crippen molar-refractivity contribution in [1.82, 2.24) is 4.90 Å². The van der Waals surface area contributed by atoms with Crippen LogP contribution in [0.1, 0.15) is 48.5 Å². The third-order valence-corrected chi connectivity index (χ3v) is 4.22. The molecule has 0 spiro atoms. The van der Waals surface area contributed by atoms with E-state index in [9.17, 15) is 4.79 Å². The molecule has 1 fully saturated rings. The summed E-state index contributed by atoms with van der Waals surface area (Å²) in [6.45, 7) is 5.96. The molecule has 0 aromatic heterocycles. The first kappa shape index (κ1) is 14.9. The Kier molecular flexibility index (Phi) is 5.01. The molecule has 0 saturated carbocycles. The number of amides is 1. The lowest BCUT2D eigenvalue weighted by Crippen LogP contribution is -2.38. The van der Waals surface area contributed by atoms with Crippen LogP contribution in [0.3, 0.4) is 0 Å². The van der Waals surface area contributed by atoms with E-state index in [1.807, 2.05) is 30.0 Å². The van der Waals surface area contributed by atoms with E-state index in [0.717, 1.165) is 48.7 Å². The number of nitrogen functional groups attached to an aromatic ring is 1. The van der Waals surface area contributed by atoms with Crippen LogP contribution in [0.15, 0.2) is 18.2 Å². The SMILES string of the molecule is CCCC1CCN(C(=O)c2ccc(NN)cc2C)CC1. The van der Waals surface area contributed by atoms with Gasteiger partial charge in [-0.1, -0.05) is 19.8 Å². The Morgan fingerprint density at radius 3 is 2.65 bits per heavy atom. The lowest BCUT2D eigenvalue weighted by molar-refractivity contribution is 0.0686. The number of anilines is 1. The number of hydrogen-bond acceptors (Lipinski definition) is 3. The van der Waals surface area contributed by atoms with Crippen LogP contribution in [-0.2, 0) is 0 Å². The van der Waals surface area contributed by atoms with Gasteiger partial charge < -0.3 is 10.3 Å². The summed E-state index contributed by atoms with van der Waals surface area (Å²) < 4.78 is 0. The van der Waals surface area contributed by atoms with E-state index in [1.165, 1.54) is 12.8 Å². The number of aryl methyl sites for hydroxylation is 1. The third-order valence-electron chi connectivity index (χ3n) is 4.22. The molecule has 4 heteroatoms. The molecule has 2 rings (SSSR count). The molecule has 1 aromatic rings. The number of rotatable bonds is 4. The van der Waals surface area contributed by atoms with Crippen molar-refractivity contribution in [3.63, 3.8) is 0 Å². The largest absolute Gasteiger partial charge is 0.339 e. The van der Waals surface area contributed by atoms with Crippen LogP contribution in [0.5, 0.6) is 0 Å². The van der Waals surface area contributed by atoms with Gasteiger partial charge >= 0.3 is 0 Å². The Morgan fingerprint density at radius 2 is 2.10 bits per heavy atom. The van der Waals surface area contributed by atoms with Gasteiger partial charge in [0, 0.05) is 24.3 Å². The van der Waals surface area contributed by atoms with E-state index in [4.69, 9.17) is 5.84 Å². The van der Waals surface area contributed by atoms with Gasteiger partial charge in [0.25, 0.3) is 5.91 Å². The Labute approximate surface area is 121 Å². The molecule has 4 nitrogen and oxygen atoms in total. The Hall–Kier alpha value is -1.55. The van der Waals surface area contributed by atoms with Gasteiger partial charge in [-0.15, -0.1) is 0 Å². The minimum atomic E-state index is 0.154. The van der Waals surface area contributed by atoms with Crippen molar-refractivity contribution in [3.8, 4) is 0 Å². The Balaban J connectivity index is 2.02. The van der Waals surface area contributed by atoms with Crippen LogP contribution in [0, 0.1) is 12.8 Å². The fraction of sp³-hybridized carbons (Fsp3) is 0.562. The number of hydrazine groups is 1. The molecule has 0 unspecified atom stereocenters. The molecule has 110 valence electrons. The average molecular weight is 275 g/mol. The van der Waals surface area contributed by atoms with Crippen LogP contribution < -0.4 is 11.3 Å². The van der Waals surface area contributed by atoms with Crippen molar-refractivity contribution >= 4 is 11.6 Å². The van der Waals surface area contributed by atoms with Crippen molar-refractivity contribution in [2.45, 2.75) is 39.5 Å². The summed E-state index contributed by atoms with van der Waals surface area (Å²) in [5.74, 6) is 6.34. The van der Waals surface area contributed by atoms with Crippen molar-refractivity contribution in [2.24, 2.45) is 11.8 Å². The number of nitrogens with two attached hydrogens (primary N) is 1. The minimum absolute atomic E-state index is 0.154. The first-order valence-corrected chi connectivity index (χ1v) is 7.52. The van der Waals surface area contributed by atoms with Crippen molar-refractivity contribution in [3.05, 3.63) is 29.3 Å². The molecule has 0 aliphatic carbocycles. The number of benzene rings is 1. The first-order chi connectivity index (χ1) is 9.65. The molecule has 1 saturated heterocycles. The molecule has 20 heavy (non-hydrogen) atoms. The topological polar surface area (TPSA) is 58.4 Å². The van der Waals surface area contributed by atoms with Crippen LogP contribution in [0.2, 0.25) is 0 Å². The Bertz CT molecular complexity index is 465. The highest BCUT2D eigenvalue weighted by Crippen LogP contribution is 2.24. The quantitative estimate of drug-likeness (QED) is 0.656. The second-order valence-electron chi connectivity index (χ2n) is 5.70. The van der Waals surface area contributed by atoms with E-state index in [0.29, 0.717) is 0 Å². The molecular formula is C16H25N3O. The molecule has 1 heterocycles. The molecule has 1 aliphatic heterocycles. The van der Waals surface area contributed by atoms with E-state index in [-0.39, 0.29) is 5.91 Å². The van der Waals surface area contributed by atoms with Crippen LogP contribution in [0.25, 0.3) is 0 Å². The number of likely N-dealkylation sites (tertiary alicyclic amines) is 1. The van der Waals surface area contributed by atoms with Crippen LogP contribution >= 0.6 is 0 Å². The molecular weight excluding hydrogens is 250 g/mol. The zero-order valence-electron chi connectivity index (χ0n) is 12.5. The summed E-state index contributed by atoms with van der Waals surface area (Å²) in [4.78, 5) is 14.5. The van der Waals surface area contributed by atoms with Gasteiger partial charge in [0.15, 0.2) is 0 Å². The molecule has 1 aromatic carbocycles. The van der Waals surface area contributed by atoms with Gasteiger partial charge in [-0.25, -0.2) is 0 Å². The second kappa shape index (κ2) is 6.75. The van der Waals surface area contributed by atoms with E-state index in [2.05, 4.69) is 12.3 Å². The summed E-state index contributed by atoms with van der Waals surface area (Å²) >= 11 is 0. The van der Waals surface area contributed by atoms with Crippen molar-refractivity contribution in [1.29, 1.82) is 0 Å². The maximum atomic E-state index is 12.6. The molecule has 3 N–H and O–H groups in total. The fourth-order valence-electron chi connectivity index (χ4n) is 3.00. The number of carbonyl (C=O) groups is 1. The molecule has 1 aliphatic rings. The summed E-state index contributed by atoms with van der Waals surface area (Å²) in [6, 6.07) is 5.63. The fourth-order valence-corrected chi connectivity index (χ4v) is 3.00. The number of nitrogens with zero attached hydrogens (tertiary/aromatic N) is 1. The van der Waals surface area contributed by atoms with Gasteiger partial charge in [0.1, 0.15) is 0 Å².